The smallest absolute Gasteiger partial charge is 0.225 e. The molecule has 2 heterocycles. The molecule has 0 aromatic carbocycles. The Morgan fingerprint density at radius 2 is 1.83 bits per heavy atom. The largest absolute Gasteiger partial charge is 0.389 e. The minimum atomic E-state index is -0.773. The zero-order chi connectivity index (χ0) is 16.1. The second kappa shape index (κ2) is 7.43. The third-order valence-electron chi connectivity index (χ3n) is 5.43. The zero-order valence-electron chi connectivity index (χ0n) is 13.9. The first-order valence-electron chi connectivity index (χ1n) is 9.10. The van der Waals surface area contributed by atoms with Crippen LogP contribution < -0.4 is 0 Å². The van der Waals surface area contributed by atoms with Crippen LogP contribution in [0.5, 0.6) is 0 Å². The summed E-state index contributed by atoms with van der Waals surface area (Å²) >= 11 is 0. The van der Waals surface area contributed by atoms with Crippen molar-refractivity contribution in [2.45, 2.75) is 75.9 Å². The number of likely N-dealkylation sites (tertiary alicyclic amines) is 1. The second-order valence-corrected chi connectivity index (χ2v) is 7.19. The molecule has 1 saturated heterocycles. The van der Waals surface area contributed by atoms with Crippen molar-refractivity contribution in [3.05, 3.63) is 30.1 Å². The molecule has 23 heavy (non-hydrogen) atoms. The van der Waals surface area contributed by atoms with Crippen molar-refractivity contribution in [1.29, 1.82) is 0 Å². The number of amides is 1. The fourth-order valence-corrected chi connectivity index (χ4v) is 4.11. The van der Waals surface area contributed by atoms with Crippen LogP contribution in [0, 0.1) is 0 Å². The zero-order valence-corrected chi connectivity index (χ0v) is 13.9. The van der Waals surface area contributed by atoms with Crippen LogP contribution >= 0.6 is 0 Å². The first kappa shape index (κ1) is 16.4. The van der Waals surface area contributed by atoms with E-state index in [1.165, 1.54) is 18.4 Å². The van der Waals surface area contributed by atoms with Crippen LogP contribution in [0.1, 0.15) is 75.8 Å². The van der Waals surface area contributed by atoms with E-state index < -0.39 is 5.60 Å². The summed E-state index contributed by atoms with van der Waals surface area (Å²) in [6.07, 6.45) is 13.1. The van der Waals surface area contributed by atoms with E-state index in [-0.39, 0.29) is 18.4 Å². The average molecular weight is 316 g/mol. The van der Waals surface area contributed by atoms with E-state index in [4.69, 9.17) is 0 Å². The summed E-state index contributed by atoms with van der Waals surface area (Å²) in [7, 11) is 0. The maximum atomic E-state index is 13.0. The van der Waals surface area contributed by atoms with Gasteiger partial charge in [-0.1, -0.05) is 32.1 Å². The van der Waals surface area contributed by atoms with Gasteiger partial charge in [0, 0.05) is 18.9 Å². The third kappa shape index (κ3) is 4.11. The molecule has 3 rings (SSSR count). The van der Waals surface area contributed by atoms with Crippen LogP contribution in [-0.4, -0.2) is 33.0 Å². The summed E-state index contributed by atoms with van der Waals surface area (Å²) < 4.78 is 0. The molecule has 1 aliphatic carbocycles. The van der Waals surface area contributed by atoms with Gasteiger partial charge >= 0.3 is 0 Å². The molecule has 1 N–H and O–H groups in total. The van der Waals surface area contributed by atoms with E-state index in [9.17, 15) is 9.90 Å². The normalized spacial score (nSPS) is 24.9. The first-order chi connectivity index (χ1) is 11.2. The minimum Gasteiger partial charge on any atom is -0.389 e. The van der Waals surface area contributed by atoms with Crippen molar-refractivity contribution in [3.8, 4) is 0 Å². The Bertz CT molecular complexity index is 511. The van der Waals surface area contributed by atoms with Gasteiger partial charge in [-0.15, -0.1) is 0 Å². The highest BCUT2D eigenvalue weighted by molar-refractivity contribution is 5.78. The topological polar surface area (TPSA) is 53.4 Å². The molecule has 2 fully saturated rings. The van der Waals surface area contributed by atoms with Crippen molar-refractivity contribution in [2.75, 3.05) is 6.54 Å². The number of hydrogen-bond donors (Lipinski definition) is 1. The molecule has 0 radical (unpaired) electrons. The van der Waals surface area contributed by atoms with Gasteiger partial charge in [0.05, 0.1) is 18.1 Å². The highest BCUT2D eigenvalue weighted by Gasteiger charge is 2.35. The summed E-state index contributed by atoms with van der Waals surface area (Å²) in [5, 5.41) is 10.7. The van der Waals surface area contributed by atoms with Gasteiger partial charge in [0.15, 0.2) is 0 Å². The maximum absolute atomic E-state index is 13.0. The van der Waals surface area contributed by atoms with Crippen LogP contribution in [0.4, 0.5) is 0 Å². The number of aromatic nitrogens is 1. The van der Waals surface area contributed by atoms with Crippen LogP contribution in [0.15, 0.2) is 24.5 Å². The molecule has 1 amide bonds. The standard InChI is InChI=1S/C19H28N2O2/c22-18(15-19(23)10-4-2-5-11-19)21-14-6-1-3-7-17(21)16-8-12-20-13-9-16/h8-9,12-13,17,23H,1-7,10-11,14-15H2. The van der Waals surface area contributed by atoms with Gasteiger partial charge in [-0.3, -0.25) is 9.78 Å². The van der Waals surface area contributed by atoms with Gasteiger partial charge in [-0.2, -0.15) is 0 Å². The number of rotatable bonds is 3. The van der Waals surface area contributed by atoms with Crippen LogP contribution in [0.25, 0.3) is 0 Å². The number of aliphatic hydroxyl groups is 1. The van der Waals surface area contributed by atoms with Crippen LogP contribution in [0.2, 0.25) is 0 Å². The molecular formula is C19H28N2O2. The number of pyridine rings is 1. The Morgan fingerprint density at radius 3 is 2.57 bits per heavy atom. The Morgan fingerprint density at radius 1 is 1.13 bits per heavy atom. The lowest BCUT2D eigenvalue weighted by molar-refractivity contribution is -0.140. The summed E-state index contributed by atoms with van der Waals surface area (Å²) in [5.74, 6) is 0.123. The molecule has 2 aliphatic rings. The Kier molecular flexibility index (Phi) is 5.31. The molecule has 0 bridgehead atoms. The maximum Gasteiger partial charge on any atom is 0.225 e. The van der Waals surface area contributed by atoms with Crippen molar-refractivity contribution in [1.82, 2.24) is 9.88 Å². The van der Waals surface area contributed by atoms with Gasteiger partial charge < -0.3 is 10.0 Å². The monoisotopic (exact) mass is 316 g/mol. The van der Waals surface area contributed by atoms with Crippen molar-refractivity contribution >= 4 is 5.91 Å². The van der Waals surface area contributed by atoms with Gasteiger partial charge in [-0.25, -0.2) is 0 Å². The Balaban J connectivity index is 1.75. The quantitative estimate of drug-likeness (QED) is 0.927. The van der Waals surface area contributed by atoms with Gasteiger partial charge in [0.1, 0.15) is 0 Å². The summed E-state index contributed by atoms with van der Waals surface area (Å²) in [5.41, 5.74) is 0.399. The fraction of sp³-hybridized carbons (Fsp3) is 0.684. The van der Waals surface area contributed by atoms with E-state index in [1.807, 2.05) is 17.0 Å². The number of carbonyl (C=O) groups is 1. The Hall–Kier alpha value is -1.42. The lowest BCUT2D eigenvalue weighted by atomic mass is 9.82. The summed E-state index contributed by atoms with van der Waals surface area (Å²) in [6, 6.07) is 4.18. The highest BCUT2D eigenvalue weighted by atomic mass is 16.3. The molecule has 4 nitrogen and oxygen atoms in total. The molecule has 126 valence electrons. The molecule has 4 heteroatoms. The SMILES string of the molecule is O=C(CC1(O)CCCCC1)N1CCCCCC1c1ccncc1. The lowest BCUT2D eigenvalue weighted by Crippen LogP contribution is -2.42. The molecule has 1 aromatic rings. The van der Waals surface area contributed by atoms with E-state index in [0.717, 1.165) is 51.5 Å². The predicted octanol–water partition coefficient (Wildman–Crippen LogP) is 3.61. The third-order valence-corrected chi connectivity index (χ3v) is 5.43. The highest BCUT2D eigenvalue weighted by Crippen LogP contribution is 2.35. The van der Waals surface area contributed by atoms with Gasteiger partial charge in [-0.05, 0) is 43.4 Å². The summed E-state index contributed by atoms with van der Waals surface area (Å²) in [4.78, 5) is 19.1. The number of carbonyl (C=O) groups excluding carboxylic acids is 1. The fourth-order valence-electron chi connectivity index (χ4n) is 4.11. The van der Waals surface area contributed by atoms with Crippen LogP contribution in [0.3, 0.4) is 0 Å². The van der Waals surface area contributed by atoms with Gasteiger partial charge in [0.25, 0.3) is 0 Å². The van der Waals surface area contributed by atoms with Crippen LogP contribution in [-0.2, 0) is 4.79 Å². The molecule has 1 unspecified atom stereocenters. The summed E-state index contributed by atoms with van der Waals surface area (Å²) in [6.45, 7) is 0.807. The second-order valence-electron chi connectivity index (χ2n) is 7.19. The molecule has 1 aliphatic heterocycles. The van der Waals surface area contributed by atoms with Crippen molar-refractivity contribution < 1.29 is 9.90 Å². The van der Waals surface area contributed by atoms with E-state index in [1.54, 1.807) is 12.4 Å². The molecule has 0 spiro atoms. The Labute approximate surface area is 138 Å². The van der Waals surface area contributed by atoms with E-state index >= 15 is 0 Å². The number of nitrogens with zero attached hydrogens (tertiary/aromatic N) is 2. The first-order valence-corrected chi connectivity index (χ1v) is 9.10. The minimum absolute atomic E-state index is 0.123. The lowest BCUT2D eigenvalue weighted by Gasteiger charge is -2.36. The number of hydrogen-bond acceptors (Lipinski definition) is 3. The van der Waals surface area contributed by atoms with Gasteiger partial charge in [0.2, 0.25) is 5.91 Å². The molecule has 1 aromatic heterocycles. The van der Waals surface area contributed by atoms with Crippen molar-refractivity contribution in [2.24, 2.45) is 0 Å². The van der Waals surface area contributed by atoms with Crippen molar-refractivity contribution in [3.63, 3.8) is 0 Å². The molecular weight excluding hydrogens is 288 g/mol. The molecule has 1 saturated carbocycles. The predicted molar refractivity (Wildman–Crippen MR) is 89.8 cm³/mol. The van der Waals surface area contributed by atoms with E-state index in [2.05, 4.69) is 4.98 Å². The molecule has 1 atom stereocenters. The average Bonchev–Trinajstić information content (AvgIpc) is 2.82. The van der Waals surface area contributed by atoms with E-state index in [0.29, 0.717) is 0 Å².